The summed E-state index contributed by atoms with van der Waals surface area (Å²) in [6.07, 6.45) is 1.16. The monoisotopic (exact) mass is 632 g/mol. The van der Waals surface area contributed by atoms with Crippen LogP contribution in [-0.2, 0) is 20.2 Å². The Morgan fingerprint density at radius 1 is 1.05 bits per heavy atom. The van der Waals surface area contributed by atoms with Gasteiger partial charge in [-0.15, -0.1) is 34.7 Å². The van der Waals surface area contributed by atoms with Crippen LogP contribution in [0.3, 0.4) is 0 Å². The van der Waals surface area contributed by atoms with Crippen LogP contribution in [0, 0.1) is 0 Å². The molecule has 2 aliphatic rings. The lowest BCUT2D eigenvalue weighted by molar-refractivity contribution is -0.153. The van der Waals surface area contributed by atoms with Crippen LogP contribution in [-0.4, -0.2) is 33.9 Å². The summed E-state index contributed by atoms with van der Waals surface area (Å²) in [5.41, 5.74) is 9.47. The van der Waals surface area contributed by atoms with Crippen molar-refractivity contribution < 1.29 is 14.3 Å². The molecule has 3 aromatic carbocycles. The molecule has 2 aliphatic heterocycles. The number of fused-ring (bicyclic) bond motifs is 2. The van der Waals surface area contributed by atoms with Crippen LogP contribution in [0.1, 0.15) is 22.8 Å². The molecule has 10 heteroatoms. The van der Waals surface area contributed by atoms with E-state index >= 15 is 0 Å². The fraction of sp³-hybridized carbons (Fsp3) is 0.156. The number of thioether (sulfide) groups is 2. The SMILES string of the molecule is N[C@@H]1C(=O)N2C(C(=O)OC(c3ccccc3)c3ccccc3)=C(/C=C/Sc3cc(=O)c4ccc(CCl)cc4s3)CS[C@H]12. The van der Waals surface area contributed by atoms with Crippen molar-refractivity contribution in [1.29, 1.82) is 0 Å². The van der Waals surface area contributed by atoms with Crippen molar-refractivity contribution in [2.24, 2.45) is 5.73 Å². The van der Waals surface area contributed by atoms with Crippen molar-refractivity contribution in [2.45, 2.75) is 27.6 Å². The molecule has 1 saturated heterocycles. The second kappa shape index (κ2) is 12.5. The summed E-state index contributed by atoms with van der Waals surface area (Å²) in [6, 6.07) is 25.6. The number of carbonyl (C=O) groups is 2. The third-order valence-electron chi connectivity index (χ3n) is 7.04. The van der Waals surface area contributed by atoms with Gasteiger partial charge >= 0.3 is 5.97 Å². The number of alkyl halides is 1. The largest absolute Gasteiger partial charge is 0.448 e. The number of benzene rings is 3. The van der Waals surface area contributed by atoms with Gasteiger partial charge in [-0.25, -0.2) is 4.79 Å². The molecular formula is C32H25ClN2O4S3. The van der Waals surface area contributed by atoms with Gasteiger partial charge in [0.1, 0.15) is 17.1 Å². The lowest BCUT2D eigenvalue weighted by Gasteiger charge is -2.48. The predicted octanol–water partition coefficient (Wildman–Crippen LogP) is 6.44. The van der Waals surface area contributed by atoms with Crippen LogP contribution >= 0.6 is 46.5 Å². The Morgan fingerprint density at radius 2 is 1.74 bits per heavy atom. The summed E-state index contributed by atoms with van der Waals surface area (Å²) >= 11 is 10.4. The Kier molecular flexibility index (Phi) is 8.55. The molecule has 2 N–H and O–H groups in total. The number of amides is 1. The van der Waals surface area contributed by atoms with Gasteiger partial charge in [-0.2, -0.15) is 0 Å². The van der Waals surface area contributed by atoms with Gasteiger partial charge in [0, 0.05) is 27.8 Å². The highest BCUT2D eigenvalue weighted by Crippen LogP contribution is 2.41. The van der Waals surface area contributed by atoms with E-state index in [1.807, 2.05) is 90.3 Å². The minimum atomic E-state index is -0.662. The summed E-state index contributed by atoms with van der Waals surface area (Å²) in [5.74, 6) is -0.0464. The van der Waals surface area contributed by atoms with E-state index < -0.39 is 18.1 Å². The molecule has 0 unspecified atom stereocenters. The molecule has 0 saturated carbocycles. The predicted molar refractivity (Wildman–Crippen MR) is 172 cm³/mol. The van der Waals surface area contributed by atoms with Crippen LogP contribution in [0.5, 0.6) is 0 Å². The normalized spacial score (nSPS) is 18.5. The van der Waals surface area contributed by atoms with E-state index in [1.165, 1.54) is 39.8 Å². The molecule has 0 radical (unpaired) electrons. The highest BCUT2D eigenvalue weighted by atomic mass is 35.5. The number of hydrogen-bond donors (Lipinski definition) is 1. The number of rotatable bonds is 8. The van der Waals surface area contributed by atoms with E-state index in [0.29, 0.717) is 22.6 Å². The third kappa shape index (κ3) is 5.67. The Labute approximate surface area is 260 Å². The molecule has 1 aromatic heterocycles. The fourth-order valence-corrected chi connectivity index (χ4v) is 8.38. The molecule has 0 bridgehead atoms. The first-order chi connectivity index (χ1) is 20.4. The number of hydrogen-bond acceptors (Lipinski definition) is 8. The number of allylic oxidation sites excluding steroid dienone is 1. The number of β-lactam (4-membered cyclic amide) rings is 1. The Hall–Kier alpha value is -3.34. The highest BCUT2D eigenvalue weighted by Gasteiger charge is 2.52. The molecule has 42 heavy (non-hydrogen) atoms. The van der Waals surface area contributed by atoms with Crippen LogP contribution < -0.4 is 11.2 Å². The van der Waals surface area contributed by atoms with Crippen molar-refractivity contribution in [3.05, 3.63) is 135 Å². The molecular weight excluding hydrogens is 608 g/mol. The lowest BCUT2D eigenvalue weighted by Crippen LogP contribution is -2.68. The number of carbonyl (C=O) groups excluding carboxylic acids is 2. The number of nitrogens with zero attached hydrogens (tertiary/aromatic N) is 1. The van der Waals surface area contributed by atoms with Crippen LogP contribution in [0.4, 0.5) is 0 Å². The first-order valence-electron chi connectivity index (χ1n) is 13.1. The summed E-state index contributed by atoms with van der Waals surface area (Å²) in [4.78, 5) is 40.9. The van der Waals surface area contributed by atoms with Gasteiger partial charge in [-0.1, -0.05) is 78.5 Å². The molecule has 0 spiro atoms. The van der Waals surface area contributed by atoms with E-state index in [0.717, 1.165) is 25.6 Å². The van der Waals surface area contributed by atoms with Gasteiger partial charge in [0.25, 0.3) is 0 Å². The number of halogens is 1. The van der Waals surface area contributed by atoms with Crippen molar-refractivity contribution >= 4 is 68.4 Å². The topological polar surface area (TPSA) is 89.7 Å². The van der Waals surface area contributed by atoms with Crippen LogP contribution in [0.15, 0.2) is 117 Å². The Balaban J connectivity index is 1.32. The lowest BCUT2D eigenvalue weighted by atomic mass is 10.0. The summed E-state index contributed by atoms with van der Waals surface area (Å²) < 4.78 is 7.81. The van der Waals surface area contributed by atoms with E-state index in [1.54, 1.807) is 6.07 Å². The Morgan fingerprint density at radius 3 is 2.40 bits per heavy atom. The van der Waals surface area contributed by atoms with Crippen molar-refractivity contribution in [3.8, 4) is 0 Å². The second-order valence-electron chi connectivity index (χ2n) is 9.73. The number of esters is 1. The van der Waals surface area contributed by atoms with E-state index in [9.17, 15) is 14.4 Å². The minimum Gasteiger partial charge on any atom is -0.448 e. The average Bonchev–Trinajstić information content (AvgIpc) is 3.03. The maximum atomic E-state index is 13.9. The molecule has 1 fully saturated rings. The van der Waals surface area contributed by atoms with Gasteiger partial charge in [0.05, 0.1) is 4.21 Å². The zero-order chi connectivity index (χ0) is 29.2. The van der Waals surface area contributed by atoms with E-state index in [2.05, 4.69) is 0 Å². The van der Waals surface area contributed by atoms with Crippen LogP contribution in [0.2, 0.25) is 0 Å². The molecule has 0 aliphatic carbocycles. The maximum Gasteiger partial charge on any atom is 0.356 e. The molecule has 4 aromatic rings. The summed E-state index contributed by atoms with van der Waals surface area (Å²) in [5, 5.41) is 2.17. The van der Waals surface area contributed by atoms with E-state index in [-0.39, 0.29) is 22.4 Å². The highest BCUT2D eigenvalue weighted by molar-refractivity contribution is 8.04. The molecule has 212 valence electrons. The van der Waals surface area contributed by atoms with Gasteiger partial charge in [0.15, 0.2) is 11.5 Å². The first-order valence-corrected chi connectivity index (χ1v) is 16.4. The quantitative estimate of drug-likeness (QED) is 0.104. The summed E-state index contributed by atoms with van der Waals surface area (Å²) in [7, 11) is 0. The fourth-order valence-electron chi connectivity index (χ4n) is 4.91. The average molecular weight is 633 g/mol. The molecule has 6 rings (SSSR count). The minimum absolute atomic E-state index is 0.0617. The van der Waals surface area contributed by atoms with E-state index in [4.69, 9.17) is 22.1 Å². The standard InChI is InChI=1S/C32H25ClN2O4S3/c33-17-19-11-12-23-24(36)16-26(42-25(23)15-19)40-14-13-22-18-41-31-27(34)30(37)35(31)28(22)32(38)39-29(20-7-3-1-4-8-20)21-9-5-2-6-10-21/h1-16,27,29,31H,17-18,34H2/b14-13+/t27-,31-/m1/s1. The zero-order valence-electron chi connectivity index (χ0n) is 22.1. The van der Waals surface area contributed by atoms with Gasteiger partial charge < -0.3 is 10.5 Å². The van der Waals surface area contributed by atoms with Crippen molar-refractivity contribution in [1.82, 2.24) is 4.90 Å². The number of nitrogens with two attached hydrogens (primary N) is 1. The molecule has 3 heterocycles. The van der Waals surface area contributed by atoms with Gasteiger partial charge in [0.2, 0.25) is 5.91 Å². The molecule has 6 nitrogen and oxygen atoms in total. The first kappa shape index (κ1) is 28.8. The second-order valence-corrected chi connectivity index (χ2v) is 13.4. The number of ether oxygens (including phenoxy) is 1. The molecule has 1 amide bonds. The third-order valence-corrected chi connectivity index (χ3v) is 10.7. The van der Waals surface area contributed by atoms with Crippen molar-refractivity contribution in [2.75, 3.05) is 5.75 Å². The summed E-state index contributed by atoms with van der Waals surface area (Å²) in [6.45, 7) is 0. The van der Waals surface area contributed by atoms with Crippen LogP contribution in [0.25, 0.3) is 10.1 Å². The van der Waals surface area contributed by atoms with Crippen molar-refractivity contribution in [3.63, 3.8) is 0 Å². The van der Waals surface area contributed by atoms with Gasteiger partial charge in [-0.05, 0) is 45.9 Å². The smallest absolute Gasteiger partial charge is 0.356 e. The zero-order valence-corrected chi connectivity index (χ0v) is 25.3. The maximum absolute atomic E-state index is 13.9. The van der Waals surface area contributed by atoms with Gasteiger partial charge in [-0.3, -0.25) is 14.5 Å². The molecule has 2 atom stereocenters. The Bertz CT molecular complexity index is 1740.